The maximum absolute atomic E-state index is 12.9. The molecule has 3 rings (SSSR count). The highest BCUT2D eigenvalue weighted by Crippen LogP contribution is 2.27. The molecule has 0 fully saturated rings. The van der Waals surface area contributed by atoms with Crippen LogP contribution in [0.15, 0.2) is 40.2 Å². The molecule has 8 nitrogen and oxygen atoms in total. The minimum Gasteiger partial charge on any atom is -0.345 e. The van der Waals surface area contributed by atoms with Gasteiger partial charge in [0, 0.05) is 0 Å². The second kappa shape index (κ2) is 8.97. The normalized spacial score (nSPS) is 12.5. The molecule has 0 spiro atoms. The number of aryl methyl sites for hydroxylation is 2. The van der Waals surface area contributed by atoms with Gasteiger partial charge in [-0.1, -0.05) is 30.3 Å². The summed E-state index contributed by atoms with van der Waals surface area (Å²) in [6.45, 7) is 5.49. The Hall–Kier alpha value is -2.72. The van der Waals surface area contributed by atoms with Gasteiger partial charge in [-0.05, 0) is 48.9 Å². The average Bonchev–Trinajstić information content (AvgIpc) is 3.37. The topological polar surface area (TPSA) is 105 Å². The van der Waals surface area contributed by atoms with Crippen LogP contribution in [0.2, 0.25) is 0 Å². The Balaban J connectivity index is 1.80. The number of anilines is 1. The summed E-state index contributed by atoms with van der Waals surface area (Å²) in [5, 5.41) is 8.55. The molecule has 0 unspecified atom stereocenters. The quantitative estimate of drug-likeness (QED) is 0.567. The Morgan fingerprint density at radius 3 is 2.70 bits per heavy atom. The Bertz CT molecular complexity index is 1120. The van der Waals surface area contributed by atoms with E-state index >= 15 is 0 Å². The van der Waals surface area contributed by atoms with Crippen LogP contribution in [0.1, 0.15) is 30.4 Å². The lowest BCUT2D eigenvalue weighted by Gasteiger charge is -2.31. The summed E-state index contributed by atoms with van der Waals surface area (Å²) in [5.41, 5.74) is 2.18. The zero-order valence-electron chi connectivity index (χ0n) is 17.2. The van der Waals surface area contributed by atoms with Crippen molar-refractivity contribution in [3.63, 3.8) is 0 Å². The van der Waals surface area contributed by atoms with E-state index in [4.69, 9.17) is 4.52 Å². The van der Waals surface area contributed by atoms with Gasteiger partial charge in [0.25, 0.3) is 0 Å². The lowest BCUT2D eigenvalue weighted by Crippen LogP contribution is -2.49. The molecular weight excluding hydrogens is 424 g/mol. The first kappa shape index (κ1) is 22.0. The number of thiophene rings is 1. The summed E-state index contributed by atoms with van der Waals surface area (Å²) in [7, 11) is -3.70. The molecule has 160 valence electrons. The molecule has 0 aliphatic carbocycles. The molecule has 1 aromatic carbocycles. The van der Waals surface area contributed by atoms with Gasteiger partial charge in [-0.3, -0.25) is 9.10 Å². The number of nitrogens with zero attached hydrogens (tertiary/aromatic N) is 3. The fourth-order valence-corrected chi connectivity index (χ4v) is 5.02. The molecule has 1 N–H and O–H groups in total. The number of rotatable bonds is 8. The highest BCUT2D eigenvalue weighted by molar-refractivity contribution is 7.92. The number of benzene rings is 1. The van der Waals surface area contributed by atoms with E-state index in [1.165, 1.54) is 15.6 Å². The van der Waals surface area contributed by atoms with Gasteiger partial charge in [-0.2, -0.15) is 4.98 Å². The van der Waals surface area contributed by atoms with E-state index in [9.17, 15) is 13.2 Å². The van der Waals surface area contributed by atoms with Gasteiger partial charge in [0.15, 0.2) is 0 Å². The van der Waals surface area contributed by atoms with Crippen molar-refractivity contribution in [2.24, 2.45) is 0 Å². The van der Waals surface area contributed by atoms with Gasteiger partial charge in [0.05, 0.1) is 23.4 Å². The summed E-state index contributed by atoms with van der Waals surface area (Å²) in [6, 6.07) is 8.38. The molecule has 0 bridgehead atoms. The highest BCUT2D eigenvalue weighted by Gasteiger charge is 2.32. The van der Waals surface area contributed by atoms with Crippen LogP contribution in [0.4, 0.5) is 5.69 Å². The van der Waals surface area contributed by atoms with Gasteiger partial charge in [-0.25, -0.2) is 8.42 Å². The van der Waals surface area contributed by atoms with Crippen molar-refractivity contribution in [3.05, 3.63) is 52.7 Å². The number of nitrogens with one attached hydrogen (secondary N) is 1. The van der Waals surface area contributed by atoms with Gasteiger partial charge < -0.3 is 9.84 Å². The second-order valence-electron chi connectivity index (χ2n) is 6.98. The van der Waals surface area contributed by atoms with E-state index in [0.29, 0.717) is 17.9 Å². The molecule has 0 aliphatic heterocycles. The first-order valence-corrected chi connectivity index (χ1v) is 12.1. The lowest BCUT2D eigenvalue weighted by molar-refractivity contribution is -0.122. The molecule has 0 saturated carbocycles. The minimum absolute atomic E-state index is 0.0120. The van der Waals surface area contributed by atoms with Crippen LogP contribution in [0, 0.1) is 13.8 Å². The molecule has 3 aromatic rings. The second-order valence-corrected chi connectivity index (χ2v) is 9.79. The third-order valence-corrected chi connectivity index (χ3v) is 6.59. The summed E-state index contributed by atoms with van der Waals surface area (Å²) in [6.07, 6.45) is 1.41. The zero-order valence-corrected chi connectivity index (χ0v) is 18.9. The van der Waals surface area contributed by atoms with E-state index in [2.05, 4.69) is 15.5 Å². The fourth-order valence-electron chi connectivity index (χ4n) is 3.11. The smallest absolute Gasteiger partial charge is 0.246 e. The van der Waals surface area contributed by atoms with E-state index in [0.717, 1.165) is 22.3 Å². The molecule has 10 heteroatoms. The predicted molar refractivity (Wildman–Crippen MR) is 117 cm³/mol. The van der Waals surface area contributed by atoms with Crippen LogP contribution >= 0.6 is 11.3 Å². The minimum atomic E-state index is -3.70. The van der Waals surface area contributed by atoms with Crippen LogP contribution in [0.5, 0.6) is 0 Å². The molecule has 0 saturated heterocycles. The molecule has 1 atom stereocenters. The first-order chi connectivity index (χ1) is 14.2. The number of hydrogen-bond donors (Lipinski definition) is 1. The van der Waals surface area contributed by atoms with Crippen molar-refractivity contribution < 1.29 is 17.7 Å². The number of carbonyl (C=O) groups excluding carboxylic acids is 1. The average molecular weight is 449 g/mol. The van der Waals surface area contributed by atoms with E-state index in [-0.39, 0.29) is 12.4 Å². The summed E-state index contributed by atoms with van der Waals surface area (Å²) < 4.78 is 31.6. The van der Waals surface area contributed by atoms with Gasteiger partial charge in [0.1, 0.15) is 6.04 Å². The van der Waals surface area contributed by atoms with Crippen molar-refractivity contribution >= 4 is 33.0 Å². The first-order valence-electron chi connectivity index (χ1n) is 9.41. The largest absolute Gasteiger partial charge is 0.345 e. The fraction of sp³-hybridized carbons (Fsp3) is 0.350. The van der Waals surface area contributed by atoms with Crippen LogP contribution in [0.3, 0.4) is 0 Å². The summed E-state index contributed by atoms with van der Waals surface area (Å²) in [5.74, 6) is 0.272. The third kappa shape index (κ3) is 4.88. The summed E-state index contributed by atoms with van der Waals surface area (Å²) in [4.78, 5) is 18.1. The monoisotopic (exact) mass is 448 g/mol. The van der Waals surface area contributed by atoms with E-state index < -0.39 is 22.0 Å². The standard InChI is InChI=1S/C20H24N4O4S2/c1-5-15(24(30(4,26)27)16-11-13(2)8-9-14(16)3)20(25)21-12-18-22-19(23-28-18)17-7-6-10-29-17/h6-11,15H,5,12H2,1-4H3,(H,21,25)/t15-/m0/s1. The Morgan fingerprint density at radius 2 is 2.07 bits per heavy atom. The van der Waals surface area contributed by atoms with Gasteiger partial charge in [-0.15, -0.1) is 11.3 Å². The van der Waals surface area contributed by atoms with Gasteiger partial charge >= 0.3 is 0 Å². The van der Waals surface area contributed by atoms with Crippen molar-refractivity contribution in [2.75, 3.05) is 10.6 Å². The zero-order chi connectivity index (χ0) is 21.9. The van der Waals surface area contributed by atoms with Crippen LogP contribution < -0.4 is 9.62 Å². The van der Waals surface area contributed by atoms with Crippen LogP contribution in [-0.4, -0.2) is 36.8 Å². The molecule has 0 aliphatic rings. The summed E-state index contributed by atoms with van der Waals surface area (Å²) >= 11 is 1.48. The molecule has 30 heavy (non-hydrogen) atoms. The van der Waals surface area contributed by atoms with Crippen LogP contribution in [0.25, 0.3) is 10.7 Å². The number of sulfonamides is 1. The molecule has 0 radical (unpaired) electrons. The molecule has 2 heterocycles. The maximum atomic E-state index is 12.9. The van der Waals surface area contributed by atoms with Crippen molar-refractivity contribution in [1.82, 2.24) is 15.5 Å². The number of aromatic nitrogens is 2. The SMILES string of the molecule is CC[C@@H](C(=O)NCc1nc(-c2cccs2)no1)N(c1cc(C)ccc1C)S(C)(=O)=O. The third-order valence-electron chi connectivity index (χ3n) is 4.56. The number of hydrogen-bond acceptors (Lipinski definition) is 7. The van der Waals surface area contributed by atoms with E-state index in [1.54, 1.807) is 13.0 Å². The Labute approximate surface area is 180 Å². The van der Waals surface area contributed by atoms with Crippen LogP contribution in [-0.2, 0) is 21.4 Å². The Kier molecular flexibility index (Phi) is 6.57. The highest BCUT2D eigenvalue weighted by atomic mass is 32.2. The lowest BCUT2D eigenvalue weighted by atomic mass is 10.1. The van der Waals surface area contributed by atoms with Crippen molar-refractivity contribution in [3.8, 4) is 10.7 Å². The number of carbonyl (C=O) groups is 1. The number of amides is 1. The van der Waals surface area contributed by atoms with Gasteiger partial charge in [0.2, 0.25) is 27.6 Å². The van der Waals surface area contributed by atoms with Crippen molar-refractivity contribution in [1.29, 1.82) is 0 Å². The maximum Gasteiger partial charge on any atom is 0.246 e. The Morgan fingerprint density at radius 1 is 1.30 bits per heavy atom. The van der Waals surface area contributed by atoms with Crippen molar-refractivity contribution in [2.45, 2.75) is 39.8 Å². The van der Waals surface area contributed by atoms with E-state index in [1.807, 2.05) is 43.5 Å². The molecular formula is C20H24N4O4S2. The predicted octanol–water partition coefficient (Wildman–Crippen LogP) is 3.28. The molecule has 1 amide bonds. The molecule has 2 aromatic heterocycles.